The van der Waals surface area contributed by atoms with E-state index in [0.717, 1.165) is 12.8 Å². The Hall–Kier alpha value is -1.66. The summed E-state index contributed by atoms with van der Waals surface area (Å²) in [6.07, 6.45) is 7.07. The molecule has 0 spiro atoms. The molecular weight excluding hydrogens is 484 g/mol. The van der Waals surface area contributed by atoms with E-state index in [1.807, 2.05) is 0 Å². The summed E-state index contributed by atoms with van der Waals surface area (Å²) in [5, 5.41) is 11.0. The highest BCUT2D eigenvalue weighted by atomic mass is 35.5. The molecule has 0 aliphatic rings. The van der Waals surface area contributed by atoms with Gasteiger partial charge >= 0.3 is 5.97 Å². The topological polar surface area (TPSA) is 75.6 Å². The van der Waals surface area contributed by atoms with Crippen LogP contribution in [0, 0.1) is 0 Å². The van der Waals surface area contributed by atoms with Crippen LogP contribution in [0.5, 0.6) is 5.75 Å². The number of hydrogen-bond acceptors (Lipinski definition) is 3. The molecule has 0 aliphatic carbocycles. The smallest absolute Gasteiger partial charge is 0.338 e. The molecule has 0 bridgehead atoms. The summed E-state index contributed by atoms with van der Waals surface area (Å²) >= 11 is 24.0. The largest absolute Gasteiger partial charge is 0.494 e. The number of carboxylic acids is 1. The van der Waals surface area contributed by atoms with E-state index in [-0.39, 0.29) is 25.7 Å². The van der Waals surface area contributed by atoms with Crippen molar-refractivity contribution in [2.45, 2.75) is 45.4 Å². The van der Waals surface area contributed by atoms with Gasteiger partial charge < -0.3 is 15.2 Å². The van der Waals surface area contributed by atoms with Crippen molar-refractivity contribution in [3.63, 3.8) is 0 Å². The van der Waals surface area contributed by atoms with E-state index in [1.165, 1.54) is 25.7 Å². The zero-order chi connectivity index (χ0) is 23.0. The number of benzene rings is 2. The average Bonchev–Trinajstić information content (AvgIpc) is 2.74. The van der Waals surface area contributed by atoms with Crippen LogP contribution in [0.25, 0.3) is 0 Å². The maximum Gasteiger partial charge on any atom is 0.338 e. The number of carbonyl (C=O) groups is 2. The van der Waals surface area contributed by atoms with Crippen molar-refractivity contribution in [1.29, 1.82) is 0 Å². The Labute approximate surface area is 201 Å². The van der Waals surface area contributed by atoms with E-state index < -0.39 is 17.4 Å². The van der Waals surface area contributed by atoms with Crippen LogP contribution in [0.1, 0.15) is 66.2 Å². The standard InChI is InChI=1S/C22H23Cl4NO4/c1-2-3-4-5-6-7-12-31-14-10-8-13(9-11-14)27-21(28)15-16(22(29)30)18(24)20(26)19(25)17(15)23/h8-11H,2-7,12H2,1H3,(H,27,28)(H,29,30). The van der Waals surface area contributed by atoms with E-state index in [9.17, 15) is 14.7 Å². The molecule has 0 fully saturated rings. The van der Waals surface area contributed by atoms with E-state index in [1.54, 1.807) is 24.3 Å². The van der Waals surface area contributed by atoms with Gasteiger partial charge in [0.25, 0.3) is 5.91 Å². The lowest BCUT2D eigenvalue weighted by molar-refractivity contribution is 0.0692. The Morgan fingerprint density at radius 2 is 1.39 bits per heavy atom. The molecule has 2 aromatic rings. The number of unbranched alkanes of at least 4 members (excludes halogenated alkanes) is 5. The van der Waals surface area contributed by atoms with Gasteiger partial charge in [0.15, 0.2) is 0 Å². The van der Waals surface area contributed by atoms with Crippen LogP contribution in [0.15, 0.2) is 24.3 Å². The van der Waals surface area contributed by atoms with Gasteiger partial charge in [-0.2, -0.15) is 0 Å². The number of carboxylic acid groups (broad SMARTS) is 1. The summed E-state index contributed by atoms with van der Waals surface area (Å²) in [4.78, 5) is 24.3. The molecule has 1 amide bonds. The number of amides is 1. The Morgan fingerprint density at radius 1 is 0.839 bits per heavy atom. The second kappa shape index (κ2) is 12.4. The molecule has 0 aromatic heterocycles. The van der Waals surface area contributed by atoms with Gasteiger partial charge in [0.2, 0.25) is 0 Å². The maximum atomic E-state index is 12.7. The number of nitrogens with one attached hydrogen (secondary N) is 1. The number of anilines is 1. The molecule has 0 atom stereocenters. The van der Waals surface area contributed by atoms with Crippen molar-refractivity contribution in [1.82, 2.24) is 0 Å². The highest BCUT2D eigenvalue weighted by Gasteiger charge is 2.28. The van der Waals surface area contributed by atoms with Gasteiger partial charge in [-0.05, 0) is 30.7 Å². The third kappa shape index (κ3) is 6.91. The lowest BCUT2D eigenvalue weighted by atomic mass is 10.1. The van der Waals surface area contributed by atoms with Crippen LogP contribution in [-0.2, 0) is 0 Å². The second-order valence-electron chi connectivity index (χ2n) is 6.91. The third-order valence-corrected chi connectivity index (χ3v) is 6.39. The van der Waals surface area contributed by atoms with Crippen LogP contribution in [-0.4, -0.2) is 23.6 Å². The minimum Gasteiger partial charge on any atom is -0.494 e. The molecule has 31 heavy (non-hydrogen) atoms. The monoisotopic (exact) mass is 505 g/mol. The van der Waals surface area contributed by atoms with Crippen LogP contribution in [0.2, 0.25) is 20.1 Å². The van der Waals surface area contributed by atoms with E-state index in [2.05, 4.69) is 12.2 Å². The highest BCUT2D eigenvalue weighted by Crippen LogP contribution is 2.41. The second-order valence-corrected chi connectivity index (χ2v) is 8.42. The molecule has 168 valence electrons. The first-order valence-electron chi connectivity index (χ1n) is 9.91. The Morgan fingerprint density at radius 3 is 1.97 bits per heavy atom. The van der Waals surface area contributed by atoms with Crippen molar-refractivity contribution in [3.8, 4) is 5.75 Å². The fourth-order valence-electron chi connectivity index (χ4n) is 2.95. The van der Waals surface area contributed by atoms with E-state index in [0.29, 0.717) is 18.0 Å². The molecule has 0 heterocycles. The zero-order valence-corrected chi connectivity index (χ0v) is 20.0. The van der Waals surface area contributed by atoms with E-state index >= 15 is 0 Å². The summed E-state index contributed by atoms with van der Waals surface area (Å²) in [6, 6.07) is 6.71. The Balaban J connectivity index is 2.03. The predicted octanol–water partition coefficient (Wildman–Crippen LogP) is 7.99. The van der Waals surface area contributed by atoms with Crippen molar-refractivity contribution < 1.29 is 19.4 Å². The van der Waals surface area contributed by atoms with Gasteiger partial charge in [0, 0.05) is 5.69 Å². The molecule has 0 radical (unpaired) electrons. The molecule has 0 saturated heterocycles. The number of hydrogen-bond donors (Lipinski definition) is 2. The summed E-state index contributed by atoms with van der Waals surface area (Å²) in [5.41, 5.74) is -0.457. The molecule has 9 heteroatoms. The van der Waals surface area contributed by atoms with Crippen molar-refractivity contribution >= 4 is 64.0 Å². The van der Waals surface area contributed by atoms with Crippen molar-refractivity contribution in [2.75, 3.05) is 11.9 Å². The van der Waals surface area contributed by atoms with Gasteiger partial charge in [0.1, 0.15) is 5.75 Å². The first-order chi connectivity index (χ1) is 14.8. The van der Waals surface area contributed by atoms with Crippen LogP contribution < -0.4 is 10.1 Å². The summed E-state index contributed by atoms with van der Waals surface area (Å²) < 4.78 is 5.71. The van der Waals surface area contributed by atoms with Crippen LogP contribution >= 0.6 is 46.4 Å². The lowest BCUT2D eigenvalue weighted by Crippen LogP contribution is -2.18. The number of carbonyl (C=O) groups excluding carboxylic acids is 1. The average molecular weight is 507 g/mol. The SMILES string of the molecule is CCCCCCCCOc1ccc(NC(=O)c2c(Cl)c(Cl)c(Cl)c(Cl)c2C(=O)O)cc1. The third-order valence-electron chi connectivity index (χ3n) is 4.59. The summed E-state index contributed by atoms with van der Waals surface area (Å²) in [7, 11) is 0. The van der Waals surface area contributed by atoms with Crippen LogP contribution in [0.3, 0.4) is 0 Å². The zero-order valence-electron chi connectivity index (χ0n) is 16.9. The molecule has 0 aliphatic heterocycles. The number of halogens is 4. The fraction of sp³-hybridized carbons (Fsp3) is 0.364. The molecule has 0 saturated carbocycles. The number of rotatable bonds is 11. The molecule has 2 aromatic carbocycles. The van der Waals surface area contributed by atoms with Crippen LogP contribution in [0.4, 0.5) is 5.69 Å². The Kier molecular flexibility index (Phi) is 10.2. The molecule has 0 unspecified atom stereocenters. The van der Waals surface area contributed by atoms with Crippen molar-refractivity contribution in [2.24, 2.45) is 0 Å². The van der Waals surface area contributed by atoms with Gasteiger partial charge in [-0.1, -0.05) is 85.4 Å². The summed E-state index contributed by atoms with van der Waals surface area (Å²) in [6.45, 7) is 2.81. The van der Waals surface area contributed by atoms with Crippen molar-refractivity contribution in [3.05, 3.63) is 55.5 Å². The highest BCUT2D eigenvalue weighted by molar-refractivity contribution is 6.54. The summed E-state index contributed by atoms with van der Waals surface area (Å²) in [5.74, 6) is -1.55. The minimum absolute atomic E-state index is 0.193. The molecule has 2 N–H and O–H groups in total. The molecule has 2 rings (SSSR count). The quantitative estimate of drug-likeness (QED) is 0.184. The lowest BCUT2D eigenvalue weighted by Gasteiger charge is -2.14. The fourth-order valence-corrected chi connectivity index (χ4v) is 3.97. The van der Waals surface area contributed by atoms with Gasteiger partial charge in [-0.25, -0.2) is 4.79 Å². The van der Waals surface area contributed by atoms with Gasteiger partial charge in [-0.3, -0.25) is 4.79 Å². The Bertz CT molecular complexity index is 932. The predicted molar refractivity (Wildman–Crippen MR) is 127 cm³/mol. The normalized spacial score (nSPS) is 10.7. The van der Waals surface area contributed by atoms with Gasteiger partial charge in [-0.15, -0.1) is 0 Å². The van der Waals surface area contributed by atoms with Gasteiger partial charge in [0.05, 0.1) is 37.8 Å². The van der Waals surface area contributed by atoms with E-state index in [4.69, 9.17) is 51.1 Å². The number of ether oxygens (including phenoxy) is 1. The molecular formula is C22H23Cl4NO4. The minimum atomic E-state index is -1.45. The first kappa shape index (κ1) is 25.6. The first-order valence-corrected chi connectivity index (χ1v) is 11.4. The maximum absolute atomic E-state index is 12.7. The molecule has 5 nitrogen and oxygen atoms in total. The number of aromatic carboxylic acids is 1.